The van der Waals surface area contributed by atoms with Gasteiger partial charge in [0.25, 0.3) is 5.56 Å². The molecule has 53 heavy (non-hydrogen) atoms. The molecule has 4 fully saturated rings. The van der Waals surface area contributed by atoms with Gasteiger partial charge < -0.3 is 19.9 Å². The molecule has 2 N–H and O–H groups in total. The molecule has 1 spiro atoms. The Morgan fingerprint density at radius 1 is 1.13 bits per heavy atom. The monoisotopic (exact) mass is 728 g/mol. The molecule has 7 unspecified atom stereocenters. The lowest BCUT2D eigenvalue weighted by atomic mass is 9.26. The van der Waals surface area contributed by atoms with E-state index in [4.69, 9.17) is 9.31 Å². The molecule has 2 bridgehead atoms. The van der Waals surface area contributed by atoms with Gasteiger partial charge >= 0.3 is 13.3 Å². The van der Waals surface area contributed by atoms with Crippen LogP contribution in [0, 0.1) is 30.1 Å². The molecule has 8 atom stereocenters. The zero-order valence-electron chi connectivity index (χ0n) is 30.6. The van der Waals surface area contributed by atoms with Crippen LogP contribution < -0.4 is 16.2 Å². The van der Waals surface area contributed by atoms with Crippen LogP contribution in [-0.4, -0.2) is 40.2 Å². The van der Waals surface area contributed by atoms with Crippen LogP contribution in [0.1, 0.15) is 98.8 Å². The molecule has 3 saturated carbocycles. The molecule has 3 aliphatic carbocycles. The fourth-order valence-corrected chi connectivity index (χ4v) is 10.7. The number of anilines is 1. The van der Waals surface area contributed by atoms with E-state index < -0.39 is 42.0 Å². The first-order valence-corrected chi connectivity index (χ1v) is 19.1. The summed E-state index contributed by atoms with van der Waals surface area (Å²) in [6, 6.07) is 14.4. The Labute approximate surface area is 309 Å². The number of amides is 1. The summed E-state index contributed by atoms with van der Waals surface area (Å²) < 4.78 is 55.2. The number of hydrogen-bond acceptors (Lipinski definition) is 6. The molecular formula is C41H48BF3N4O4. The maximum Gasteiger partial charge on any atom is 0.481 e. The number of nitrogens with one attached hydrogen (secondary N) is 2. The van der Waals surface area contributed by atoms with Crippen LogP contribution in [-0.2, 0) is 33.2 Å². The Morgan fingerprint density at radius 3 is 2.62 bits per heavy atom. The summed E-state index contributed by atoms with van der Waals surface area (Å²) in [5, 5.41) is 6.23. The Balaban J connectivity index is 1.06. The largest absolute Gasteiger partial charge is 0.481 e. The maximum atomic E-state index is 14.5. The number of carbonyl (C=O) groups is 1. The molecule has 0 radical (unpaired) electrons. The topological polar surface area (TPSA) is 94.5 Å². The van der Waals surface area contributed by atoms with Gasteiger partial charge in [-0.3, -0.25) is 14.2 Å². The number of rotatable bonds is 12. The molecule has 2 aromatic carbocycles. The maximum absolute atomic E-state index is 14.5. The normalized spacial score (nSPS) is 29.6. The minimum atomic E-state index is -4.49. The molecule has 3 aromatic rings. The van der Waals surface area contributed by atoms with Crippen LogP contribution in [0.5, 0.6) is 0 Å². The van der Waals surface area contributed by atoms with Gasteiger partial charge in [-0.15, -0.1) is 6.58 Å². The average molecular weight is 729 g/mol. The molecule has 1 aromatic heterocycles. The van der Waals surface area contributed by atoms with Gasteiger partial charge in [0.2, 0.25) is 5.91 Å². The highest BCUT2D eigenvalue weighted by atomic mass is 19.4. The lowest BCUT2D eigenvalue weighted by molar-refractivity contribution is -0.350. The van der Waals surface area contributed by atoms with Gasteiger partial charge in [-0.2, -0.15) is 13.2 Å². The van der Waals surface area contributed by atoms with Gasteiger partial charge in [0.1, 0.15) is 6.04 Å². The first-order chi connectivity index (χ1) is 25.3. The standard InChI is InChI=1S/C41H48BF3N4O4/c1-5-11-34(42-52-32-22-40-29(20-30(32)40)21-33(40)39(3,4)53-42)48-37(50)31-19-27(16-9-14-25-12-7-6-8-13-25)35-24(2)47-36(38(51)49(31)35)46-23-26-15-10-17-28(18-26)41(43,44)45/h5-8,10,12-13,15,17-18,27,29-34H,1,9,11,14,16,19-23H2,2-4H3,(H,46,47)(H,48,50)/t27-,29?,30?,31?,32?,33?,34?,40?/m1/s1. The van der Waals surface area contributed by atoms with Crippen molar-refractivity contribution < 1.29 is 27.3 Å². The van der Waals surface area contributed by atoms with Crippen molar-refractivity contribution in [1.82, 2.24) is 14.9 Å². The number of alkyl halides is 3. The smallest absolute Gasteiger partial charge is 0.407 e. The molecule has 8 rings (SSSR count). The molecule has 1 amide bonds. The third-order valence-corrected chi connectivity index (χ3v) is 13.2. The molecule has 2 aliphatic heterocycles. The number of aromatic nitrogens is 2. The van der Waals surface area contributed by atoms with Crippen molar-refractivity contribution in [2.24, 2.45) is 23.2 Å². The number of fused-ring (bicyclic) bond motifs is 3. The summed E-state index contributed by atoms with van der Waals surface area (Å²) in [6.45, 7) is 10.1. The Kier molecular flexibility index (Phi) is 9.16. The highest BCUT2D eigenvalue weighted by Crippen LogP contribution is 2.80. The second kappa shape index (κ2) is 13.4. The zero-order chi connectivity index (χ0) is 37.3. The van der Waals surface area contributed by atoms with Gasteiger partial charge in [0, 0.05) is 24.3 Å². The van der Waals surface area contributed by atoms with Crippen LogP contribution in [0.15, 0.2) is 72.0 Å². The van der Waals surface area contributed by atoms with E-state index in [9.17, 15) is 22.8 Å². The molecule has 280 valence electrons. The van der Waals surface area contributed by atoms with Gasteiger partial charge in [-0.1, -0.05) is 48.5 Å². The van der Waals surface area contributed by atoms with E-state index in [-0.39, 0.29) is 30.3 Å². The predicted octanol–water partition coefficient (Wildman–Crippen LogP) is 7.56. The molecule has 5 aliphatic rings. The van der Waals surface area contributed by atoms with Crippen molar-refractivity contribution in [3.05, 3.63) is 106 Å². The number of aryl methyl sites for hydroxylation is 2. The molecule has 1 saturated heterocycles. The van der Waals surface area contributed by atoms with E-state index in [2.05, 4.69) is 48.2 Å². The van der Waals surface area contributed by atoms with Crippen molar-refractivity contribution >= 4 is 18.8 Å². The van der Waals surface area contributed by atoms with E-state index in [1.807, 2.05) is 25.1 Å². The third kappa shape index (κ3) is 6.23. The van der Waals surface area contributed by atoms with Crippen LogP contribution >= 0.6 is 0 Å². The SMILES string of the molecule is C=CCC(NC(=O)C1C[C@@H](CCCc2ccccc2)c2c(C)nc(NCc3cccc(C(F)(F)F)c3)c(=O)n21)B1OC2CC34C(CC23)CC4C(C)(C)O1. The minimum Gasteiger partial charge on any atom is -0.407 e. The van der Waals surface area contributed by atoms with Gasteiger partial charge in [-0.05, 0) is 119 Å². The first kappa shape index (κ1) is 36.1. The van der Waals surface area contributed by atoms with Gasteiger partial charge in [0.15, 0.2) is 5.82 Å². The summed E-state index contributed by atoms with van der Waals surface area (Å²) >= 11 is 0. The van der Waals surface area contributed by atoms with Crippen LogP contribution in [0.2, 0.25) is 0 Å². The summed E-state index contributed by atoms with van der Waals surface area (Å²) in [4.78, 5) is 33.4. The van der Waals surface area contributed by atoms with E-state index in [1.54, 1.807) is 16.7 Å². The third-order valence-electron chi connectivity index (χ3n) is 13.2. The van der Waals surface area contributed by atoms with Crippen LogP contribution in [0.25, 0.3) is 0 Å². The highest BCUT2D eigenvalue weighted by Gasteiger charge is 2.78. The van der Waals surface area contributed by atoms with E-state index in [1.165, 1.54) is 24.5 Å². The van der Waals surface area contributed by atoms with Crippen molar-refractivity contribution in [1.29, 1.82) is 0 Å². The molecule has 8 nitrogen and oxygen atoms in total. The molecular weight excluding hydrogens is 680 g/mol. The first-order valence-electron chi connectivity index (χ1n) is 19.1. The lowest BCUT2D eigenvalue weighted by Gasteiger charge is -2.81. The summed E-state index contributed by atoms with van der Waals surface area (Å²) in [5.41, 5.74) is 1.62. The van der Waals surface area contributed by atoms with Gasteiger partial charge in [-0.25, -0.2) is 4.98 Å². The Bertz CT molecular complexity index is 1950. The summed E-state index contributed by atoms with van der Waals surface area (Å²) in [5.74, 6) is 0.885. The highest BCUT2D eigenvalue weighted by molar-refractivity contribution is 6.47. The zero-order valence-corrected chi connectivity index (χ0v) is 30.6. The summed E-state index contributed by atoms with van der Waals surface area (Å²) in [6.07, 6.45) is 4.13. The van der Waals surface area contributed by atoms with Crippen molar-refractivity contribution in [3.8, 4) is 0 Å². The quantitative estimate of drug-likeness (QED) is 0.148. The van der Waals surface area contributed by atoms with Gasteiger partial charge in [0.05, 0.1) is 22.8 Å². The fraction of sp³-hybridized carbons (Fsp3) is 0.537. The fourth-order valence-electron chi connectivity index (χ4n) is 10.7. The van der Waals surface area contributed by atoms with Crippen LogP contribution in [0.4, 0.5) is 19.0 Å². The molecule has 12 heteroatoms. The van der Waals surface area contributed by atoms with Crippen LogP contribution in [0.3, 0.4) is 0 Å². The Morgan fingerprint density at radius 2 is 1.91 bits per heavy atom. The van der Waals surface area contributed by atoms with E-state index >= 15 is 0 Å². The van der Waals surface area contributed by atoms with Crippen molar-refractivity contribution in [3.63, 3.8) is 0 Å². The number of nitrogens with zero attached hydrogens (tertiary/aromatic N) is 2. The summed E-state index contributed by atoms with van der Waals surface area (Å²) in [7, 11) is -0.668. The van der Waals surface area contributed by atoms with Crippen molar-refractivity contribution in [2.45, 2.75) is 114 Å². The van der Waals surface area contributed by atoms with E-state index in [0.29, 0.717) is 41.3 Å². The number of carbonyl (C=O) groups excluding carboxylic acids is 1. The predicted molar refractivity (Wildman–Crippen MR) is 197 cm³/mol. The number of benzene rings is 2. The average Bonchev–Trinajstić information content (AvgIpc) is 3.50. The van der Waals surface area contributed by atoms with Crippen molar-refractivity contribution in [2.75, 3.05) is 5.32 Å². The number of halogens is 3. The minimum absolute atomic E-state index is 0.00441. The van der Waals surface area contributed by atoms with E-state index in [0.717, 1.165) is 49.4 Å². The second-order valence-corrected chi connectivity index (χ2v) is 16.5. The Hall–Kier alpha value is -3.90. The lowest BCUT2D eigenvalue weighted by Crippen LogP contribution is -2.80. The second-order valence-electron chi connectivity index (χ2n) is 16.5. The number of hydrogen-bond donors (Lipinski definition) is 2. The molecule has 3 heterocycles.